The fourth-order valence-corrected chi connectivity index (χ4v) is 2.31. The molecule has 0 amide bonds. The van der Waals surface area contributed by atoms with E-state index in [9.17, 15) is 0 Å². The molecule has 1 heterocycles. The van der Waals surface area contributed by atoms with Crippen LogP contribution in [0, 0.1) is 13.8 Å². The van der Waals surface area contributed by atoms with Gasteiger partial charge in [-0.05, 0) is 37.6 Å². The maximum atomic E-state index is 3.45. The van der Waals surface area contributed by atoms with Crippen molar-refractivity contribution in [2.45, 2.75) is 13.8 Å². The second kappa shape index (κ2) is 4.22. The Balaban J connectivity index is 2.15. The highest BCUT2D eigenvalue weighted by atomic mass is 15.4. The van der Waals surface area contributed by atoms with Crippen LogP contribution in [-0.4, -0.2) is 4.68 Å². The maximum absolute atomic E-state index is 3.45. The number of hydrogen-bond acceptors (Lipinski definition) is 1. The summed E-state index contributed by atoms with van der Waals surface area (Å²) in [7, 11) is 0. The summed E-state index contributed by atoms with van der Waals surface area (Å²) < 4.78 is 2.15. The van der Waals surface area contributed by atoms with Gasteiger partial charge in [-0.2, -0.15) is 0 Å². The molecule has 90 valence electrons. The normalized spacial score (nSPS) is 10.8. The lowest BCUT2D eigenvalue weighted by atomic mass is 10.2. The van der Waals surface area contributed by atoms with Crippen molar-refractivity contribution in [1.29, 1.82) is 0 Å². The van der Waals surface area contributed by atoms with Gasteiger partial charge in [0.1, 0.15) is 0 Å². The fraction of sp³-hybridized carbons (Fsp3) is 0.125. The van der Waals surface area contributed by atoms with Crippen LogP contribution in [0.5, 0.6) is 0 Å². The molecule has 0 radical (unpaired) electrons. The molecule has 0 aliphatic heterocycles. The Morgan fingerprint density at radius 3 is 2.28 bits per heavy atom. The van der Waals surface area contributed by atoms with E-state index in [1.807, 2.05) is 18.2 Å². The quantitative estimate of drug-likeness (QED) is 0.707. The zero-order chi connectivity index (χ0) is 12.5. The van der Waals surface area contributed by atoms with Crippen LogP contribution in [0.4, 0.5) is 5.69 Å². The lowest BCUT2D eigenvalue weighted by molar-refractivity contribution is 0.949. The lowest BCUT2D eigenvalue weighted by Gasteiger charge is -2.11. The molecular weight excluding hydrogens is 220 g/mol. The summed E-state index contributed by atoms with van der Waals surface area (Å²) in [6.07, 6.45) is 0. The highest BCUT2D eigenvalue weighted by molar-refractivity contribution is 5.85. The first-order valence-corrected chi connectivity index (χ1v) is 6.16. The van der Waals surface area contributed by atoms with E-state index in [1.165, 1.54) is 22.2 Å². The molecule has 0 saturated heterocycles. The first-order valence-electron chi connectivity index (χ1n) is 6.16. The van der Waals surface area contributed by atoms with Crippen LogP contribution in [0.15, 0.2) is 54.6 Å². The number of nitrogens with one attached hydrogen (secondary N) is 1. The molecule has 2 aromatic carbocycles. The number of fused-ring (bicyclic) bond motifs is 1. The van der Waals surface area contributed by atoms with E-state index in [1.54, 1.807) is 0 Å². The van der Waals surface area contributed by atoms with Crippen LogP contribution in [-0.2, 0) is 0 Å². The van der Waals surface area contributed by atoms with Crippen molar-refractivity contribution >= 4 is 16.6 Å². The van der Waals surface area contributed by atoms with Crippen LogP contribution in [0.25, 0.3) is 10.9 Å². The smallest absolute Gasteiger partial charge is 0.0702 e. The van der Waals surface area contributed by atoms with Crippen molar-refractivity contribution in [1.82, 2.24) is 4.68 Å². The molecule has 0 aliphatic carbocycles. The Hall–Kier alpha value is -2.22. The standard InChI is InChI=1S/C16H16N2/c1-12-13(2)18(16-11-7-6-10-15(12)16)17-14-8-4-3-5-9-14/h3-11,17H,1-2H3. The van der Waals surface area contributed by atoms with Gasteiger partial charge in [-0.15, -0.1) is 0 Å². The predicted molar refractivity (Wildman–Crippen MR) is 76.9 cm³/mol. The van der Waals surface area contributed by atoms with Crippen LogP contribution >= 0.6 is 0 Å². The minimum absolute atomic E-state index is 1.10. The molecule has 0 bridgehead atoms. The summed E-state index contributed by atoms with van der Waals surface area (Å²) in [5.41, 5.74) is 8.35. The summed E-state index contributed by atoms with van der Waals surface area (Å²) in [6.45, 7) is 4.31. The van der Waals surface area contributed by atoms with Gasteiger partial charge >= 0.3 is 0 Å². The molecule has 2 nitrogen and oxygen atoms in total. The number of anilines is 1. The minimum atomic E-state index is 1.10. The molecule has 0 spiro atoms. The monoisotopic (exact) mass is 236 g/mol. The molecule has 1 aromatic heterocycles. The van der Waals surface area contributed by atoms with Gasteiger partial charge < -0.3 is 0 Å². The van der Waals surface area contributed by atoms with E-state index < -0.39 is 0 Å². The molecule has 1 N–H and O–H groups in total. The predicted octanol–water partition coefficient (Wildman–Crippen LogP) is 4.13. The van der Waals surface area contributed by atoms with Crippen LogP contribution in [0.1, 0.15) is 11.3 Å². The molecule has 0 unspecified atom stereocenters. The Morgan fingerprint density at radius 2 is 1.50 bits per heavy atom. The molecule has 18 heavy (non-hydrogen) atoms. The van der Waals surface area contributed by atoms with E-state index in [0.29, 0.717) is 0 Å². The van der Waals surface area contributed by atoms with E-state index >= 15 is 0 Å². The molecule has 3 aromatic rings. The second-order valence-corrected chi connectivity index (χ2v) is 4.54. The average Bonchev–Trinajstić information content (AvgIpc) is 2.66. The third-order valence-electron chi connectivity index (χ3n) is 3.44. The summed E-state index contributed by atoms with van der Waals surface area (Å²) in [5.74, 6) is 0. The number of nitrogens with zero attached hydrogens (tertiary/aromatic N) is 1. The number of hydrogen-bond donors (Lipinski definition) is 1. The third-order valence-corrected chi connectivity index (χ3v) is 3.44. The summed E-state index contributed by atoms with van der Waals surface area (Å²) in [6, 6.07) is 18.7. The van der Waals surface area contributed by atoms with Gasteiger partial charge in [-0.25, -0.2) is 0 Å². The van der Waals surface area contributed by atoms with Crippen molar-refractivity contribution in [2.75, 3.05) is 5.43 Å². The Kier molecular flexibility index (Phi) is 2.56. The number of para-hydroxylation sites is 2. The lowest BCUT2D eigenvalue weighted by Crippen LogP contribution is -2.10. The zero-order valence-electron chi connectivity index (χ0n) is 10.6. The Labute approximate surface area is 107 Å². The van der Waals surface area contributed by atoms with Gasteiger partial charge in [-0.3, -0.25) is 10.1 Å². The molecule has 0 fully saturated rings. The third kappa shape index (κ3) is 1.66. The maximum Gasteiger partial charge on any atom is 0.0702 e. The largest absolute Gasteiger partial charge is 0.294 e. The van der Waals surface area contributed by atoms with Crippen LogP contribution in [0.3, 0.4) is 0 Å². The minimum Gasteiger partial charge on any atom is -0.294 e. The van der Waals surface area contributed by atoms with Gasteiger partial charge in [0.05, 0.1) is 11.2 Å². The summed E-state index contributed by atoms with van der Waals surface area (Å²) in [4.78, 5) is 0. The van der Waals surface area contributed by atoms with Crippen LogP contribution in [0.2, 0.25) is 0 Å². The van der Waals surface area contributed by atoms with E-state index in [4.69, 9.17) is 0 Å². The first-order chi connectivity index (χ1) is 8.77. The van der Waals surface area contributed by atoms with E-state index in [2.05, 4.69) is 60.3 Å². The summed E-state index contributed by atoms with van der Waals surface area (Å²) in [5, 5.41) is 1.30. The van der Waals surface area contributed by atoms with E-state index in [-0.39, 0.29) is 0 Å². The van der Waals surface area contributed by atoms with Crippen molar-refractivity contribution < 1.29 is 0 Å². The highest BCUT2D eigenvalue weighted by Gasteiger charge is 2.09. The number of benzene rings is 2. The molecule has 3 rings (SSSR count). The zero-order valence-corrected chi connectivity index (χ0v) is 10.6. The number of aryl methyl sites for hydroxylation is 1. The molecule has 0 saturated carbocycles. The van der Waals surface area contributed by atoms with Gasteiger partial charge in [0.25, 0.3) is 0 Å². The SMILES string of the molecule is Cc1c(C)n(Nc2ccccc2)c2ccccc12. The molecular formula is C16H16N2. The van der Waals surface area contributed by atoms with Crippen molar-refractivity contribution in [3.05, 3.63) is 65.9 Å². The van der Waals surface area contributed by atoms with Crippen molar-refractivity contribution in [3.63, 3.8) is 0 Å². The van der Waals surface area contributed by atoms with Gasteiger partial charge in [-0.1, -0.05) is 36.4 Å². The molecule has 0 atom stereocenters. The molecule has 2 heteroatoms. The highest BCUT2D eigenvalue weighted by Crippen LogP contribution is 2.24. The van der Waals surface area contributed by atoms with E-state index in [0.717, 1.165) is 5.69 Å². The van der Waals surface area contributed by atoms with Crippen LogP contribution < -0.4 is 5.43 Å². The van der Waals surface area contributed by atoms with Crippen molar-refractivity contribution in [2.24, 2.45) is 0 Å². The van der Waals surface area contributed by atoms with Gasteiger partial charge in [0.2, 0.25) is 0 Å². The fourth-order valence-electron chi connectivity index (χ4n) is 2.31. The topological polar surface area (TPSA) is 17.0 Å². The van der Waals surface area contributed by atoms with Gasteiger partial charge in [0.15, 0.2) is 0 Å². The number of rotatable bonds is 2. The Morgan fingerprint density at radius 1 is 0.833 bits per heavy atom. The number of aromatic nitrogens is 1. The molecule has 0 aliphatic rings. The Bertz CT molecular complexity index is 681. The summed E-state index contributed by atoms with van der Waals surface area (Å²) >= 11 is 0. The first kappa shape index (κ1) is 10.9. The second-order valence-electron chi connectivity index (χ2n) is 4.54. The van der Waals surface area contributed by atoms with Gasteiger partial charge in [0, 0.05) is 11.1 Å². The van der Waals surface area contributed by atoms with Crippen molar-refractivity contribution in [3.8, 4) is 0 Å². The average molecular weight is 236 g/mol.